The number of pyridine rings is 2. The number of aromatic nitrogens is 2. The lowest BCUT2D eigenvalue weighted by Gasteiger charge is -2.18. The third-order valence-electron chi connectivity index (χ3n) is 4.23. The van der Waals surface area contributed by atoms with Crippen molar-refractivity contribution in [1.29, 1.82) is 0 Å². The molecule has 0 saturated heterocycles. The van der Waals surface area contributed by atoms with Crippen LogP contribution in [0.15, 0.2) is 24.3 Å². The Bertz CT molecular complexity index is 540. The van der Waals surface area contributed by atoms with E-state index >= 15 is 0 Å². The highest BCUT2D eigenvalue weighted by atomic mass is 15.1. The number of fused-ring (bicyclic) bond motifs is 1. The first-order valence-electron chi connectivity index (χ1n) is 8.40. The van der Waals surface area contributed by atoms with E-state index < -0.39 is 0 Å². The van der Waals surface area contributed by atoms with Gasteiger partial charge in [0.1, 0.15) is 0 Å². The quantitative estimate of drug-likeness (QED) is 0.748. The fourth-order valence-corrected chi connectivity index (χ4v) is 2.61. The lowest BCUT2D eigenvalue weighted by atomic mass is 10.2. The number of rotatable bonds is 8. The van der Waals surface area contributed by atoms with Gasteiger partial charge in [0.05, 0.1) is 11.4 Å². The minimum Gasteiger partial charge on any atom is -0.298 e. The molecule has 2 rings (SSSR count). The summed E-state index contributed by atoms with van der Waals surface area (Å²) in [5.41, 5.74) is 3.07. The first-order chi connectivity index (χ1) is 10.7. The molecule has 0 aliphatic rings. The van der Waals surface area contributed by atoms with Crippen molar-refractivity contribution in [3.05, 3.63) is 35.7 Å². The largest absolute Gasteiger partial charge is 0.298 e. The molecule has 0 spiro atoms. The van der Waals surface area contributed by atoms with Gasteiger partial charge in [0, 0.05) is 18.5 Å². The highest BCUT2D eigenvalue weighted by Crippen LogP contribution is 2.14. The Kier molecular flexibility index (Phi) is 6.28. The second kappa shape index (κ2) is 8.20. The van der Waals surface area contributed by atoms with Gasteiger partial charge < -0.3 is 0 Å². The number of hydrogen-bond donors (Lipinski definition) is 0. The van der Waals surface area contributed by atoms with E-state index in [4.69, 9.17) is 9.97 Å². The maximum Gasteiger partial charge on any atom is 0.159 e. The van der Waals surface area contributed by atoms with Crippen molar-refractivity contribution >= 4 is 11.0 Å². The van der Waals surface area contributed by atoms with Crippen molar-refractivity contribution in [3.63, 3.8) is 0 Å². The van der Waals surface area contributed by atoms with Crippen LogP contribution in [-0.4, -0.2) is 45.9 Å². The maximum absolute atomic E-state index is 4.76. The normalized spacial score (nSPS) is 11.7. The molecule has 0 N–H and O–H groups in total. The molecule has 4 nitrogen and oxygen atoms in total. The zero-order chi connectivity index (χ0) is 15.9. The number of nitrogens with zero attached hydrogens (tertiary/aromatic N) is 4. The minimum atomic E-state index is 0.870. The van der Waals surface area contributed by atoms with Gasteiger partial charge in [-0.3, -0.25) is 9.80 Å². The van der Waals surface area contributed by atoms with Crippen LogP contribution in [0.5, 0.6) is 0 Å². The van der Waals surface area contributed by atoms with Crippen molar-refractivity contribution in [3.8, 4) is 0 Å². The van der Waals surface area contributed by atoms with E-state index in [1.54, 1.807) is 0 Å². The molecule has 2 heterocycles. The second-order valence-corrected chi connectivity index (χ2v) is 5.57. The van der Waals surface area contributed by atoms with Crippen molar-refractivity contribution in [2.24, 2.45) is 0 Å². The molecule has 0 aliphatic heterocycles. The SMILES string of the molecule is CCN(CC)Cc1ccc2ccc(CN(CC)CC)nc2n1. The molecule has 0 aliphatic carbocycles. The van der Waals surface area contributed by atoms with Gasteiger partial charge in [-0.25, -0.2) is 9.97 Å². The maximum atomic E-state index is 4.76. The summed E-state index contributed by atoms with van der Waals surface area (Å²) in [5.74, 6) is 0. The standard InChI is InChI=1S/C18H28N4/c1-5-21(6-2)13-16-11-9-15-10-12-17(20-18(15)19-16)14-22(7-3)8-4/h9-12H,5-8,13-14H2,1-4H3. The van der Waals surface area contributed by atoms with Gasteiger partial charge in [-0.2, -0.15) is 0 Å². The van der Waals surface area contributed by atoms with Gasteiger partial charge in [0.2, 0.25) is 0 Å². The summed E-state index contributed by atoms with van der Waals surface area (Å²) in [7, 11) is 0. The monoisotopic (exact) mass is 300 g/mol. The molecule has 0 atom stereocenters. The van der Waals surface area contributed by atoms with Gasteiger partial charge in [-0.05, 0) is 50.4 Å². The Labute approximate surface area is 134 Å². The molecule has 0 unspecified atom stereocenters. The van der Waals surface area contributed by atoms with Crippen molar-refractivity contribution in [2.75, 3.05) is 26.2 Å². The summed E-state index contributed by atoms with van der Waals surface area (Å²) in [6.07, 6.45) is 0. The van der Waals surface area contributed by atoms with Crippen molar-refractivity contribution < 1.29 is 0 Å². The first-order valence-corrected chi connectivity index (χ1v) is 8.40. The summed E-state index contributed by atoms with van der Waals surface area (Å²) < 4.78 is 0. The summed E-state index contributed by atoms with van der Waals surface area (Å²) in [4.78, 5) is 14.3. The van der Waals surface area contributed by atoms with Gasteiger partial charge in [-0.15, -0.1) is 0 Å². The summed E-state index contributed by atoms with van der Waals surface area (Å²) in [6, 6.07) is 8.50. The van der Waals surface area contributed by atoms with E-state index in [0.29, 0.717) is 0 Å². The minimum absolute atomic E-state index is 0.870. The third-order valence-corrected chi connectivity index (χ3v) is 4.23. The average Bonchev–Trinajstić information content (AvgIpc) is 2.57. The Balaban J connectivity index is 2.22. The Hall–Kier alpha value is -1.52. The van der Waals surface area contributed by atoms with Crippen molar-refractivity contribution in [1.82, 2.24) is 19.8 Å². The Morgan fingerprint density at radius 1 is 0.682 bits per heavy atom. The molecule has 0 amide bonds. The molecule has 2 aromatic rings. The molecular formula is C18H28N4. The van der Waals surface area contributed by atoms with Crippen LogP contribution in [0.1, 0.15) is 39.1 Å². The second-order valence-electron chi connectivity index (χ2n) is 5.57. The molecule has 0 fully saturated rings. The van der Waals surface area contributed by atoms with Crippen LogP contribution in [0.3, 0.4) is 0 Å². The lowest BCUT2D eigenvalue weighted by Crippen LogP contribution is -2.23. The predicted octanol–water partition coefficient (Wildman–Crippen LogP) is 3.31. The Morgan fingerprint density at radius 3 is 1.45 bits per heavy atom. The van der Waals surface area contributed by atoms with Gasteiger partial charge in [-0.1, -0.05) is 27.7 Å². The van der Waals surface area contributed by atoms with Crippen LogP contribution in [0.25, 0.3) is 11.0 Å². The highest BCUT2D eigenvalue weighted by Gasteiger charge is 2.07. The van der Waals surface area contributed by atoms with E-state index in [1.165, 1.54) is 0 Å². The van der Waals surface area contributed by atoms with Gasteiger partial charge in [0.15, 0.2) is 5.65 Å². The van der Waals surface area contributed by atoms with Crippen LogP contribution in [0, 0.1) is 0 Å². The van der Waals surface area contributed by atoms with E-state index in [9.17, 15) is 0 Å². The molecule has 0 radical (unpaired) electrons. The van der Waals surface area contributed by atoms with Crippen LogP contribution in [0.4, 0.5) is 0 Å². The summed E-state index contributed by atoms with van der Waals surface area (Å²) in [6.45, 7) is 14.7. The van der Waals surface area contributed by atoms with Crippen LogP contribution in [-0.2, 0) is 13.1 Å². The van der Waals surface area contributed by atoms with E-state index in [0.717, 1.165) is 61.7 Å². The number of hydrogen-bond acceptors (Lipinski definition) is 4. The van der Waals surface area contributed by atoms with E-state index in [2.05, 4.69) is 61.8 Å². The summed E-state index contributed by atoms with van der Waals surface area (Å²) >= 11 is 0. The van der Waals surface area contributed by atoms with E-state index in [-0.39, 0.29) is 0 Å². The summed E-state index contributed by atoms with van der Waals surface area (Å²) in [5, 5.41) is 1.12. The lowest BCUT2D eigenvalue weighted by molar-refractivity contribution is 0.291. The highest BCUT2D eigenvalue weighted by molar-refractivity contribution is 5.74. The first kappa shape index (κ1) is 16.8. The van der Waals surface area contributed by atoms with Crippen LogP contribution >= 0.6 is 0 Å². The van der Waals surface area contributed by atoms with Crippen LogP contribution < -0.4 is 0 Å². The smallest absolute Gasteiger partial charge is 0.159 e. The molecule has 4 heteroatoms. The predicted molar refractivity (Wildman–Crippen MR) is 92.8 cm³/mol. The molecule has 120 valence electrons. The topological polar surface area (TPSA) is 32.3 Å². The van der Waals surface area contributed by atoms with Crippen molar-refractivity contribution in [2.45, 2.75) is 40.8 Å². The molecular weight excluding hydrogens is 272 g/mol. The molecule has 2 aromatic heterocycles. The van der Waals surface area contributed by atoms with Gasteiger partial charge in [0.25, 0.3) is 0 Å². The van der Waals surface area contributed by atoms with E-state index in [1.807, 2.05) is 0 Å². The fraction of sp³-hybridized carbons (Fsp3) is 0.556. The molecule has 0 aromatic carbocycles. The third kappa shape index (κ3) is 4.24. The average molecular weight is 300 g/mol. The fourth-order valence-electron chi connectivity index (χ4n) is 2.61. The van der Waals surface area contributed by atoms with Crippen LogP contribution in [0.2, 0.25) is 0 Å². The zero-order valence-electron chi connectivity index (χ0n) is 14.3. The Morgan fingerprint density at radius 2 is 1.09 bits per heavy atom. The molecule has 22 heavy (non-hydrogen) atoms. The zero-order valence-corrected chi connectivity index (χ0v) is 14.3. The molecule has 0 saturated carbocycles. The molecule has 0 bridgehead atoms. The van der Waals surface area contributed by atoms with Gasteiger partial charge >= 0.3 is 0 Å².